The van der Waals surface area contributed by atoms with Crippen molar-refractivity contribution in [3.05, 3.63) is 24.0 Å². The standard InChI is InChI=1S/C11H15N3S/c1-7-4-9(5-7)14-8-2-3-10(11(12)15)13-6-8/h2-3,6-7,9,14H,4-5H2,1H3,(H2,12,15). The number of anilines is 1. The van der Waals surface area contributed by atoms with Gasteiger partial charge in [-0.2, -0.15) is 0 Å². The van der Waals surface area contributed by atoms with E-state index in [1.165, 1.54) is 12.8 Å². The van der Waals surface area contributed by atoms with Crippen LogP contribution in [0.1, 0.15) is 25.5 Å². The minimum absolute atomic E-state index is 0.346. The lowest BCUT2D eigenvalue weighted by molar-refractivity contribution is 0.309. The highest BCUT2D eigenvalue weighted by Gasteiger charge is 2.24. The van der Waals surface area contributed by atoms with Gasteiger partial charge >= 0.3 is 0 Å². The number of nitrogens with one attached hydrogen (secondary N) is 1. The van der Waals surface area contributed by atoms with Crippen molar-refractivity contribution in [1.82, 2.24) is 4.98 Å². The molecule has 1 heterocycles. The molecule has 80 valence electrons. The highest BCUT2D eigenvalue weighted by molar-refractivity contribution is 7.80. The summed E-state index contributed by atoms with van der Waals surface area (Å²) in [6, 6.07) is 4.44. The minimum atomic E-state index is 0.346. The number of hydrogen-bond donors (Lipinski definition) is 2. The van der Waals surface area contributed by atoms with Crippen molar-refractivity contribution >= 4 is 22.9 Å². The summed E-state index contributed by atoms with van der Waals surface area (Å²) in [5.74, 6) is 0.853. The van der Waals surface area contributed by atoms with Crippen LogP contribution in [0.2, 0.25) is 0 Å². The summed E-state index contributed by atoms with van der Waals surface area (Å²) in [7, 11) is 0. The second-order valence-corrected chi connectivity index (χ2v) is 4.65. The van der Waals surface area contributed by atoms with Crippen molar-refractivity contribution in [3.8, 4) is 0 Å². The molecule has 0 amide bonds. The van der Waals surface area contributed by atoms with E-state index in [2.05, 4.69) is 17.2 Å². The molecular formula is C11H15N3S. The Bertz CT molecular complexity index is 355. The molecule has 1 saturated carbocycles. The number of thiocarbonyl (C=S) groups is 1. The van der Waals surface area contributed by atoms with Gasteiger partial charge in [0.25, 0.3) is 0 Å². The Labute approximate surface area is 95.1 Å². The van der Waals surface area contributed by atoms with Gasteiger partial charge in [-0.15, -0.1) is 0 Å². The fourth-order valence-electron chi connectivity index (χ4n) is 1.88. The molecule has 0 radical (unpaired) electrons. The number of hydrogen-bond acceptors (Lipinski definition) is 3. The lowest BCUT2D eigenvalue weighted by Crippen LogP contribution is -2.33. The summed E-state index contributed by atoms with van der Waals surface area (Å²) >= 11 is 4.84. The Morgan fingerprint density at radius 1 is 1.53 bits per heavy atom. The molecule has 1 aromatic heterocycles. The van der Waals surface area contributed by atoms with E-state index in [0.29, 0.717) is 16.7 Å². The number of aromatic nitrogens is 1. The average molecular weight is 221 g/mol. The quantitative estimate of drug-likeness (QED) is 0.766. The summed E-state index contributed by atoms with van der Waals surface area (Å²) in [4.78, 5) is 4.53. The van der Waals surface area contributed by atoms with Crippen molar-refractivity contribution in [2.75, 3.05) is 5.32 Å². The molecule has 4 heteroatoms. The minimum Gasteiger partial charge on any atom is -0.388 e. The number of rotatable bonds is 3. The van der Waals surface area contributed by atoms with Crippen LogP contribution in [0.5, 0.6) is 0 Å². The van der Waals surface area contributed by atoms with Gasteiger partial charge in [0.05, 0.1) is 17.6 Å². The number of nitrogens with two attached hydrogens (primary N) is 1. The molecule has 1 fully saturated rings. The summed E-state index contributed by atoms with van der Waals surface area (Å²) in [6.45, 7) is 2.27. The molecule has 0 saturated heterocycles. The lowest BCUT2D eigenvalue weighted by atomic mass is 9.82. The number of pyridine rings is 1. The Morgan fingerprint density at radius 2 is 2.27 bits per heavy atom. The van der Waals surface area contributed by atoms with Crippen molar-refractivity contribution in [1.29, 1.82) is 0 Å². The highest BCUT2D eigenvalue weighted by Crippen LogP contribution is 2.29. The maximum absolute atomic E-state index is 5.47. The smallest absolute Gasteiger partial charge is 0.122 e. The summed E-state index contributed by atoms with van der Waals surface area (Å²) in [6.07, 6.45) is 4.28. The van der Waals surface area contributed by atoms with E-state index in [-0.39, 0.29) is 0 Å². The van der Waals surface area contributed by atoms with Crippen LogP contribution in [0.25, 0.3) is 0 Å². The summed E-state index contributed by atoms with van der Waals surface area (Å²) in [5.41, 5.74) is 7.20. The first-order valence-electron chi connectivity index (χ1n) is 5.17. The van der Waals surface area contributed by atoms with Crippen LogP contribution in [-0.4, -0.2) is 16.0 Å². The molecule has 3 nitrogen and oxygen atoms in total. The van der Waals surface area contributed by atoms with E-state index in [0.717, 1.165) is 11.6 Å². The molecule has 1 aliphatic rings. The van der Waals surface area contributed by atoms with E-state index in [9.17, 15) is 0 Å². The van der Waals surface area contributed by atoms with Gasteiger partial charge in [0.15, 0.2) is 0 Å². The third-order valence-corrected chi connectivity index (χ3v) is 2.97. The van der Waals surface area contributed by atoms with E-state index in [4.69, 9.17) is 18.0 Å². The van der Waals surface area contributed by atoms with Crippen LogP contribution < -0.4 is 11.1 Å². The number of nitrogens with zero attached hydrogens (tertiary/aromatic N) is 1. The van der Waals surface area contributed by atoms with Gasteiger partial charge in [-0.1, -0.05) is 19.1 Å². The van der Waals surface area contributed by atoms with Crippen molar-refractivity contribution < 1.29 is 0 Å². The Balaban J connectivity index is 1.95. The van der Waals surface area contributed by atoms with Gasteiger partial charge in [0.2, 0.25) is 0 Å². The molecule has 0 unspecified atom stereocenters. The van der Waals surface area contributed by atoms with Gasteiger partial charge in [0.1, 0.15) is 4.99 Å². The Hall–Kier alpha value is -1.16. The monoisotopic (exact) mass is 221 g/mol. The SMILES string of the molecule is CC1CC(Nc2ccc(C(N)=S)nc2)C1. The van der Waals surface area contributed by atoms with E-state index in [1.807, 2.05) is 12.1 Å². The zero-order chi connectivity index (χ0) is 10.8. The van der Waals surface area contributed by atoms with Crippen molar-refractivity contribution in [3.63, 3.8) is 0 Å². The van der Waals surface area contributed by atoms with Crippen LogP contribution in [0, 0.1) is 5.92 Å². The molecule has 3 N–H and O–H groups in total. The van der Waals surface area contributed by atoms with Gasteiger partial charge in [0, 0.05) is 6.04 Å². The first-order chi connectivity index (χ1) is 7.15. The maximum Gasteiger partial charge on any atom is 0.122 e. The van der Waals surface area contributed by atoms with Crippen LogP contribution in [0.3, 0.4) is 0 Å². The van der Waals surface area contributed by atoms with Crippen molar-refractivity contribution in [2.45, 2.75) is 25.8 Å². The first-order valence-corrected chi connectivity index (χ1v) is 5.58. The molecule has 2 rings (SSSR count). The van der Waals surface area contributed by atoms with E-state index < -0.39 is 0 Å². The molecule has 15 heavy (non-hydrogen) atoms. The fraction of sp³-hybridized carbons (Fsp3) is 0.455. The van der Waals surface area contributed by atoms with Crippen LogP contribution >= 0.6 is 12.2 Å². The summed E-state index contributed by atoms with van der Waals surface area (Å²) in [5, 5.41) is 3.43. The van der Waals surface area contributed by atoms with Gasteiger partial charge in [-0.25, -0.2) is 0 Å². The van der Waals surface area contributed by atoms with E-state index in [1.54, 1.807) is 6.20 Å². The molecule has 0 aromatic carbocycles. The second-order valence-electron chi connectivity index (χ2n) is 4.21. The molecule has 0 aliphatic heterocycles. The molecule has 0 spiro atoms. The topological polar surface area (TPSA) is 50.9 Å². The van der Waals surface area contributed by atoms with Crippen LogP contribution in [0.4, 0.5) is 5.69 Å². The summed E-state index contributed by atoms with van der Waals surface area (Å²) < 4.78 is 0. The predicted octanol–water partition coefficient (Wildman–Crippen LogP) is 1.93. The first kappa shape index (κ1) is 10.4. The molecular weight excluding hydrogens is 206 g/mol. The van der Waals surface area contributed by atoms with Crippen LogP contribution in [-0.2, 0) is 0 Å². The molecule has 1 aliphatic carbocycles. The van der Waals surface area contributed by atoms with Crippen molar-refractivity contribution in [2.24, 2.45) is 11.7 Å². The van der Waals surface area contributed by atoms with Crippen LogP contribution in [0.15, 0.2) is 18.3 Å². The van der Waals surface area contributed by atoms with Gasteiger partial charge in [-0.05, 0) is 30.9 Å². The zero-order valence-electron chi connectivity index (χ0n) is 8.73. The maximum atomic E-state index is 5.47. The van der Waals surface area contributed by atoms with Gasteiger partial charge in [-0.3, -0.25) is 4.98 Å². The predicted molar refractivity (Wildman–Crippen MR) is 65.9 cm³/mol. The Morgan fingerprint density at radius 3 is 2.73 bits per heavy atom. The lowest BCUT2D eigenvalue weighted by Gasteiger charge is -2.33. The largest absolute Gasteiger partial charge is 0.388 e. The normalized spacial score (nSPS) is 24.3. The van der Waals surface area contributed by atoms with E-state index >= 15 is 0 Å². The fourth-order valence-corrected chi connectivity index (χ4v) is 2.00. The molecule has 1 aromatic rings. The van der Waals surface area contributed by atoms with Gasteiger partial charge < -0.3 is 11.1 Å². The highest BCUT2D eigenvalue weighted by atomic mass is 32.1. The second kappa shape index (κ2) is 4.14. The zero-order valence-corrected chi connectivity index (χ0v) is 9.55. The molecule has 0 atom stereocenters. The molecule has 0 bridgehead atoms. The third kappa shape index (κ3) is 2.45. The Kier molecular flexibility index (Phi) is 2.86. The average Bonchev–Trinajstić information content (AvgIpc) is 2.16. The third-order valence-electron chi connectivity index (χ3n) is 2.76.